The molecule has 0 bridgehead atoms. The van der Waals surface area contributed by atoms with Crippen LogP contribution in [0.4, 0.5) is 0 Å². The van der Waals surface area contributed by atoms with Crippen molar-refractivity contribution in [3.8, 4) is 0 Å². The molecular formula is C16H29N5. The Balaban J connectivity index is 1.60. The molecule has 21 heavy (non-hydrogen) atoms. The largest absolute Gasteiger partial charge is 0.337 e. The van der Waals surface area contributed by atoms with Crippen LogP contribution in [0.15, 0.2) is 12.4 Å². The number of hydrogen-bond acceptors (Lipinski definition) is 4. The van der Waals surface area contributed by atoms with Gasteiger partial charge in [-0.3, -0.25) is 9.80 Å². The van der Waals surface area contributed by atoms with Gasteiger partial charge in [-0.1, -0.05) is 0 Å². The molecule has 2 aliphatic heterocycles. The quantitative estimate of drug-likeness (QED) is 0.823. The summed E-state index contributed by atoms with van der Waals surface area (Å²) in [6, 6.07) is 1.51. The fourth-order valence-corrected chi connectivity index (χ4v) is 4.17. The molecular weight excluding hydrogens is 262 g/mol. The number of aryl methyl sites for hydroxylation is 1. The van der Waals surface area contributed by atoms with Crippen molar-refractivity contribution in [2.45, 2.75) is 31.5 Å². The molecule has 0 spiro atoms. The van der Waals surface area contributed by atoms with E-state index in [9.17, 15) is 0 Å². The van der Waals surface area contributed by atoms with Crippen molar-refractivity contribution in [3.63, 3.8) is 0 Å². The van der Waals surface area contributed by atoms with Crippen LogP contribution in [0.3, 0.4) is 0 Å². The summed E-state index contributed by atoms with van der Waals surface area (Å²) < 4.78 is 2.14. The van der Waals surface area contributed by atoms with E-state index in [-0.39, 0.29) is 0 Å². The summed E-state index contributed by atoms with van der Waals surface area (Å²) in [5, 5.41) is 0. The fraction of sp³-hybridized carbons (Fsp3) is 0.812. The van der Waals surface area contributed by atoms with Gasteiger partial charge in [0, 0.05) is 51.2 Å². The summed E-state index contributed by atoms with van der Waals surface area (Å²) in [6.45, 7) is 4.61. The van der Waals surface area contributed by atoms with Crippen LogP contribution in [0.2, 0.25) is 0 Å². The van der Waals surface area contributed by atoms with Gasteiger partial charge in [0.25, 0.3) is 0 Å². The molecule has 0 aromatic carbocycles. The lowest BCUT2D eigenvalue weighted by Crippen LogP contribution is -2.46. The van der Waals surface area contributed by atoms with Gasteiger partial charge in [-0.05, 0) is 39.9 Å². The minimum Gasteiger partial charge on any atom is -0.337 e. The SMILES string of the molecule is CN(C)C[C@@H]1C[C@@H]2CN(Cc3nccn3C)CC[C@@H]2N1C. The molecule has 3 rings (SSSR count). The fourth-order valence-electron chi connectivity index (χ4n) is 4.17. The van der Waals surface area contributed by atoms with E-state index in [4.69, 9.17) is 0 Å². The van der Waals surface area contributed by atoms with Crippen LogP contribution >= 0.6 is 0 Å². The first-order valence-electron chi connectivity index (χ1n) is 8.10. The average Bonchev–Trinajstić information content (AvgIpc) is 2.95. The highest BCUT2D eigenvalue weighted by Crippen LogP contribution is 2.34. The minimum absolute atomic E-state index is 0.725. The molecule has 0 aliphatic carbocycles. The maximum Gasteiger partial charge on any atom is 0.122 e. The molecule has 1 aromatic heterocycles. The van der Waals surface area contributed by atoms with E-state index >= 15 is 0 Å². The second-order valence-electron chi connectivity index (χ2n) is 7.12. The summed E-state index contributed by atoms with van der Waals surface area (Å²) in [5.41, 5.74) is 0. The van der Waals surface area contributed by atoms with Crippen molar-refractivity contribution < 1.29 is 0 Å². The number of imidazole rings is 1. The Bertz CT molecular complexity index is 469. The molecule has 2 fully saturated rings. The third-order valence-electron chi connectivity index (χ3n) is 5.31. The van der Waals surface area contributed by atoms with E-state index < -0.39 is 0 Å². The van der Waals surface area contributed by atoms with Crippen molar-refractivity contribution in [2.24, 2.45) is 13.0 Å². The Labute approximate surface area is 128 Å². The molecule has 2 aliphatic rings. The number of hydrogen-bond donors (Lipinski definition) is 0. The Hall–Kier alpha value is -0.910. The van der Waals surface area contributed by atoms with Gasteiger partial charge in [-0.2, -0.15) is 0 Å². The van der Waals surface area contributed by atoms with Crippen molar-refractivity contribution in [3.05, 3.63) is 18.2 Å². The zero-order chi connectivity index (χ0) is 15.0. The molecule has 3 atom stereocenters. The molecule has 0 N–H and O–H groups in total. The smallest absolute Gasteiger partial charge is 0.122 e. The Morgan fingerprint density at radius 2 is 2.14 bits per heavy atom. The van der Waals surface area contributed by atoms with Crippen LogP contribution in [-0.2, 0) is 13.6 Å². The topological polar surface area (TPSA) is 27.5 Å². The van der Waals surface area contributed by atoms with Crippen LogP contribution in [0.5, 0.6) is 0 Å². The summed E-state index contributed by atoms with van der Waals surface area (Å²) in [6.07, 6.45) is 6.59. The molecule has 2 saturated heterocycles. The number of piperidine rings is 1. The average molecular weight is 291 g/mol. The first kappa shape index (κ1) is 15.0. The van der Waals surface area contributed by atoms with Crippen molar-refractivity contribution in [1.82, 2.24) is 24.3 Å². The first-order valence-corrected chi connectivity index (χ1v) is 8.10. The Kier molecular flexibility index (Phi) is 4.33. The second-order valence-corrected chi connectivity index (χ2v) is 7.12. The van der Waals surface area contributed by atoms with Gasteiger partial charge < -0.3 is 9.47 Å². The monoisotopic (exact) mass is 291 g/mol. The van der Waals surface area contributed by atoms with Crippen molar-refractivity contribution >= 4 is 0 Å². The van der Waals surface area contributed by atoms with Gasteiger partial charge in [0.2, 0.25) is 0 Å². The molecule has 1 aromatic rings. The standard InChI is InChI=1S/C16H29N5/c1-18(2)11-14-9-13-10-21(7-5-15(13)20(14)4)12-16-17-6-8-19(16)3/h6,8,13-15H,5,7,9-12H2,1-4H3/t13-,14+,15+/m1/s1. The molecule has 0 amide bonds. The van der Waals surface area contributed by atoms with E-state index in [1.807, 2.05) is 12.4 Å². The normalized spacial score (nSPS) is 31.0. The Morgan fingerprint density at radius 3 is 2.81 bits per heavy atom. The predicted molar refractivity (Wildman–Crippen MR) is 85.1 cm³/mol. The van der Waals surface area contributed by atoms with Crippen LogP contribution < -0.4 is 0 Å². The highest BCUT2D eigenvalue weighted by molar-refractivity contribution is 4.99. The summed E-state index contributed by atoms with van der Waals surface area (Å²) in [4.78, 5) is 12.0. The predicted octanol–water partition coefficient (Wildman–Crippen LogP) is 0.876. The summed E-state index contributed by atoms with van der Waals surface area (Å²) in [7, 11) is 8.78. The lowest BCUT2D eigenvalue weighted by atomic mass is 9.92. The number of rotatable bonds is 4. The van der Waals surface area contributed by atoms with Crippen molar-refractivity contribution in [2.75, 3.05) is 40.8 Å². The second kappa shape index (κ2) is 6.07. The molecule has 5 heteroatoms. The minimum atomic E-state index is 0.725. The number of likely N-dealkylation sites (tertiary alicyclic amines) is 2. The highest BCUT2D eigenvalue weighted by Gasteiger charge is 2.41. The van der Waals surface area contributed by atoms with Crippen LogP contribution in [-0.4, -0.2) is 77.1 Å². The summed E-state index contributed by atoms with van der Waals surface area (Å²) in [5.74, 6) is 2.01. The lowest BCUT2D eigenvalue weighted by Gasteiger charge is -2.37. The zero-order valence-electron chi connectivity index (χ0n) is 13.9. The van der Waals surface area contributed by atoms with Gasteiger partial charge in [0.05, 0.1) is 6.54 Å². The third kappa shape index (κ3) is 3.15. The number of likely N-dealkylation sites (N-methyl/N-ethyl adjacent to an activating group) is 2. The highest BCUT2D eigenvalue weighted by atomic mass is 15.3. The van der Waals surface area contributed by atoms with E-state index in [0.29, 0.717) is 0 Å². The molecule has 0 saturated carbocycles. The molecule has 0 unspecified atom stereocenters. The maximum absolute atomic E-state index is 4.47. The van der Waals surface area contributed by atoms with E-state index in [1.165, 1.54) is 38.3 Å². The third-order valence-corrected chi connectivity index (χ3v) is 5.31. The van der Waals surface area contributed by atoms with Crippen molar-refractivity contribution in [1.29, 1.82) is 0 Å². The van der Waals surface area contributed by atoms with Gasteiger partial charge in [-0.15, -0.1) is 0 Å². The first-order chi connectivity index (χ1) is 10.0. The molecule has 3 heterocycles. The number of aromatic nitrogens is 2. The lowest BCUT2D eigenvalue weighted by molar-refractivity contribution is 0.106. The van der Waals surface area contributed by atoms with Crippen LogP contribution in [0, 0.1) is 5.92 Å². The molecule has 118 valence electrons. The van der Waals surface area contributed by atoms with E-state index in [1.54, 1.807) is 0 Å². The van der Waals surface area contributed by atoms with E-state index in [2.05, 4.69) is 52.4 Å². The summed E-state index contributed by atoms with van der Waals surface area (Å²) >= 11 is 0. The Morgan fingerprint density at radius 1 is 1.33 bits per heavy atom. The van der Waals surface area contributed by atoms with Gasteiger partial charge in [0.1, 0.15) is 5.82 Å². The van der Waals surface area contributed by atoms with Gasteiger partial charge in [0.15, 0.2) is 0 Å². The maximum atomic E-state index is 4.47. The number of fused-ring (bicyclic) bond motifs is 1. The van der Waals surface area contributed by atoms with Crippen LogP contribution in [0.1, 0.15) is 18.7 Å². The van der Waals surface area contributed by atoms with Gasteiger partial charge in [-0.25, -0.2) is 4.98 Å². The molecule has 0 radical (unpaired) electrons. The van der Waals surface area contributed by atoms with Crippen LogP contribution in [0.25, 0.3) is 0 Å². The van der Waals surface area contributed by atoms with Gasteiger partial charge >= 0.3 is 0 Å². The zero-order valence-corrected chi connectivity index (χ0v) is 13.9. The number of nitrogens with zero attached hydrogens (tertiary/aromatic N) is 5. The molecule has 5 nitrogen and oxygen atoms in total. The van der Waals surface area contributed by atoms with E-state index in [0.717, 1.165) is 24.5 Å².